The van der Waals surface area contributed by atoms with Gasteiger partial charge in [-0.2, -0.15) is 0 Å². The monoisotopic (exact) mass is 259 g/mol. The predicted octanol–water partition coefficient (Wildman–Crippen LogP) is 2.54. The first-order chi connectivity index (χ1) is 9.24. The molecule has 0 saturated heterocycles. The van der Waals surface area contributed by atoms with E-state index in [-0.39, 0.29) is 6.04 Å². The second-order valence-electron chi connectivity index (χ2n) is 4.64. The fourth-order valence-electron chi connectivity index (χ4n) is 2.22. The minimum absolute atomic E-state index is 0.0892. The third-order valence-electron chi connectivity index (χ3n) is 3.13. The molecule has 0 aliphatic rings. The molecule has 1 heterocycles. The predicted molar refractivity (Wildman–Crippen MR) is 76.1 cm³/mol. The summed E-state index contributed by atoms with van der Waals surface area (Å²) in [5.74, 6) is 1.81. The number of hydrogen-bond donors (Lipinski definition) is 1. The van der Waals surface area contributed by atoms with Crippen molar-refractivity contribution in [3.8, 4) is 5.75 Å². The average molecular weight is 259 g/mol. The van der Waals surface area contributed by atoms with Crippen molar-refractivity contribution in [3.05, 3.63) is 48.0 Å². The molecule has 4 nitrogen and oxygen atoms in total. The molecule has 0 aliphatic carbocycles. The summed E-state index contributed by atoms with van der Waals surface area (Å²) in [5, 5.41) is 0. The lowest BCUT2D eigenvalue weighted by atomic mass is 10.1. The molecule has 2 aromatic rings. The molecule has 0 radical (unpaired) electrons. The molecule has 2 N–H and O–H groups in total. The molecule has 0 amide bonds. The van der Waals surface area contributed by atoms with E-state index in [0.717, 1.165) is 36.5 Å². The summed E-state index contributed by atoms with van der Waals surface area (Å²) < 4.78 is 7.36. The van der Waals surface area contributed by atoms with Gasteiger partial charge in [-0.3, -0.25) is 0 Å². The highest BCUT2D eigenvalue weighted by molar-refractivity contribution is 5.29. The smallest absolute Gasteiger partial charge is 0.125 e. The van der Waals surface area contributed by atoms with Crippen LogP contribution < -0.4 is 10.5 Å². The second kappa shape index (κ2) is 6.38. The van der Waals surface area contributed by atoms with Gasteiger partial charge in [0.1, 0.15) is 11.6 Å². The minimum Gasteiger partial charge on any atom is -0.497 e. The van der Waals surface area contributed by atoms with Gasteiger partial charge in [0, 0.05) is 18.9 Å². The summed E-state index contributed by atoms with van der Waals surface area (Å²) in [6.07, 6.45) is 5.65. The van der Waals surface area contributed by atoms with Crippen LogP contribution in [0.5, 0.6) is 5.75 Å². The topological polar surface area (TPSA) is 53.1 Å². The SMILES string of the molecule is CCCn1ccnc1C(N)Cc1cccc(OC)c1. The van der Waals surface area contributed by atoms with Crippen LogP contribution in [-0.2, 0) is 13.0 Å². The number of imidazole rings is 1. The van der Waals surface area contributed by atoms with E-state index in [9.17, 15) is 0 Å². The van der Waals surface area contributed by atoms with E-state index in [1.807, 2.05) is 30.6 Å². The third kappa shape index (κ3) is 3.35. The van der Waals surface area contributed by atoms with Crippen LogP contribution in [0.1, 0.15) is 30.8 Å². The average Bonchev–Trinajstić information content (AvgIpc) is 2.88. The Morgan fingerprint density at radius 1 is 1.42 bits per heavy atom. The number of aromatic nitrogens is 2. The van der Waals surface area contributed by atoms with Gasteiger partial charge in [-0.1, -0.05) is 19.1 Å². The van der Waals surface area contributed by atoms with Crippen molar-refractivity contribution in [3.63, 3.8) is 0 Å². The van der Waals surface area contributed by atoms with Gasteiger partial charge in [-0.05, 0) is 30.5 Å². The van der Waals surface area contributed by atoms with Gasteiger partial charge in [0.05, 0.1) is 13.2 Å². The summed E-state index contributed by atoms with van der Waals surface area (Å²) in [4.78, 5) is 4.38. The van der Waals surface area contributed by atoms with Crippen LogP contribution in [0.3, 0.4) is 0 Å². The molecule has 19 heavy (non-hydrogen) atoms. The molecule has 0 saturated carbocycles. The molecule has 102 valence electrons. The van der Waals surface area contributed by atoms with Gasteiger partial charge < -0.3 is 15.0 Å². The minimum atomic E-state index is -0.0892. The Bertz CT molecular complexity index is 522. The molecule has 1 aromatic carbocycles. The van der Waals surface area contributed by atoms with Crippen molar-refractivity contribution in [2.75, 3.05) is 7.11 Å². The molecule has 1 unspecified atom stereocenters. The summed E-state index contributed by atoms with van der Waals surface area (Å²) >= 11 is 0. The molecule has 1 atom stereocenters. The zero-order chi connectivity index (χ0) is 13.7. The lowest BCUT2D eigenvalue weighted by Gasteiger charge is -2.14. The van der Waals surface area contributed by atoms with E-state index in [1.54, 1.807) is 7.11 Å². The summed E-state index contributed by atoms with van der Waals surface area (Å²) in [5.41, 5.74) is 7.43. The number of hydrogen-bond acceptors (Lipinski definition) is 3. The molecule has 0 fully saturated rings. The van der Waals surface area contributed by atoms with Crippen LogP contribution in [0.15, 0.2) is 36.7 Å². The quantitative estimate of drug-likeness (QED) is 0.867. The van der Waals surface area contributed by atoms with Gasteiger partial charge in [-0.25, -0.2) is 4.98 Å². The Kier molecular flexibility index (Phi) is 4.58. The maximum absolute atomic E-state index is 6.27. The summed E-state index contributed by atoms with van der Waals surface area (Å²) in [6.45, 7) is 3.11. The standard InChI is InChI=1S/C15H21N3O/c1-3-8-18-9-7-17-15(18)14(16)11-12-5-4-6-13(10-12)19-2/h4-7,9-10,14H,3,8,11,16H2,1-2H3. The number of nitrogens with zero attached hydrogens (tertiary/aromatic N) is 2. The van der Waals surface area contributed by atoms with Gasteiger partial charge in [0.15, 0.2) is 0 Å². The van der Waals surface area contributed by atoms with E-state index >= 15 is 0 Å². The zero-order valence-corrected chi connectivity index (χ0v) is 11.5. The third-order valence-corrected chi connectivity index (χ3v) is 3.13. The summed E-state index contributed by atoms with van der Waals surface area (Å²) in [7, 11) is 1.67. The Balaban J connectivity index is 2.11. The van der Waals surface area contributed by atoms with E-state index in [1.165, 1.54) is 0 Å². The van der Waals surface area contributed by atoms with Crippen molar-refractivity contribution < 1.29 is 4.74 Å². The number of aryl methyl sites for hydroxylation is 1. The van der Waals surface area contributed by atoms with Crippen LogP contribution in [0, 0.1) is 0 Å². The fourth-order valence-corrected chi connectivity index (χ4v) is 2.22. The maximum Gasteiger partial charge on any atom is 0.125 e. The molecule has 0 aliphatic heterocycles. The van der Waals surface area contributed by atoms with Crippen molar-refractivity contribution >= 4 is 0 Å². The number of benzene rings is 1. The van der Waals surface area contributed by atoms with Crippen LogP contribution in [0.2, 0.25) is 0 Å². The van der Waals surface area contributed by atoms with E-state index < -0.39 is 0 Å². The summed E-state index contributed by atoms with van der Waals surface area (Å²) in [6, 6.07) is 7.92. The molecule has 2 rings (SSSR count). The Hall–Kier alpha value is -1.81. The first-order valence-corrected chi connectivity index (χ1v) is 6.64. The Morgan fingerprint density at radius 2 is 2.26 bits per heavy atom. The molecule has 0 spiro atoms. The van der Waals surface area contributed by atoms with Crippen LogP contribution in [0.25, 0.3) is 0 Å². The number of methoxy groups -OCH3 is 1. The highest BCUT2D eigenvalue weighted by atomic mass is 16.5. The van der Waals surface area contributed by atoms with E-state index in [4.69, 9.17) is 10.5 Å². The molecule has 0 bridgehead atoms. The second-order valence-corrected chi connectivity index (χ2v) is 4.64. The Morgan fingerprint density at radius 3 is 3.00 bits per heavy atom. The van der Waals surface area contributed by atoms with Gasteiger partial charge in [0.25, 0.3) is 0 Å². The lowest BCUT2D eigenvalue weighted by Crippen LogP contribution is -2.19. The van der Waals surface area contributed by atoms with E-state index in [2.05, 4.69) is 22.5 Å². The Labute approximate surface area is 114 Å². The van der Waals surface area contributed by atoms with Crippen LogP contribution in [0.4, 0.5) is 0 Å². The first kappa shape index (κ1) is 13.6. The van der Waals surface area contributed by atoms with Gasteiger partial charge in [-0.15, -0.1) is 0 Å². The van der Waals surface area contributed by atoms with E-state index in [0.29, 0.717) is 0 Å². The van der Waals surface area contributed by atoms with Crippen molar-refractivity contribution in [2.45, 2.75) is 32.4 Å². The maximum atomic E-state index is 6.27. The highest BCUT2D eigenvalue weighted by Gasteiger charge is 2.13. The highest BCUT2D eigenvalue weighted by Crippen LogP contribution is 2.18. The van der Waals surface area contributed by atoms with Gasteiger partial charge in [0.2, 0.25) is 0 Å². The normalized spacial score (nSPS) is 12.4. The molecule has 4 heteroatoms. The zero-order valence-electron chi connectivity index (χ0n) is 11.5. The lowest BCUT2D eigenvalue weighted by molar-refractivity contribution is 0.414. The van der Waals surface area contributed by atoms with Gasteiger partial charge >= 0.3 is 0 Å². The largest absolute Gasteiger partial charge is 0.497 e. The molecular formula is C15H21N3O. The number of ether oxygens (including phenoxy) is 1. The van der Waals surface area contributed by atoms with Crippen LogP contribution >= 0.6 is 0 Å². The van der Waals surface area contributed by atoms with Crippen molar-refractivity contribution in [1.82, 2.24) is 9.55 Å². The number of rotatable bonds is 6. The fraction of sp³-hybridized carbons (Fsp3) is 0.400. The van der Waals surface area contributed by atoms with Crippen LogP contribution in [-0.4, -0.2) is 16.7 Å². The van der Waals surface area contributed by atoms with Crippen molar-refractivity contribution in [2.24, 2.45) is 5.73 Å². The number of nitrogens with two attached hydrogens (primary N) is 1. The molecule has 1 aromatic heterocycles. The molecular weight excluding hydrogens is 238 g/mol. The van der Waals surface area contributed by atoms with Crippen molar-refractivity contribution in [1.29, 1.82) is 0 Å². The first-order valence-electron chi connectivity index (χ1n) is 6.64.